The highest BCUT2D eigenvalue weighted by Crippen LogP contribution is 2.53. The van der Waals surface area contributed by atoms with Crippen molar-refractivity contribution in [2.75, 3.05) is 23.9 Å². The SMILES string of the molecule is CSCC[C@H]1N[C@@]2(C(=O)Nc3ccccc32)[C@@H]2C(=O)N(CCc3ccccc3)C(=O)[C@H]21. The van der Waals surface area contributed by atoms with Crippen LogP contribution in [0.5, 0.6) is 0 Å². The van der Waals surface area contributed by atoms with Crippen LogP contribution in [0.4, 0.5) is 5.69 Å². The number of anilines is 1. The van der Waals surface area contributed by atoms with E-state index >= 15 is 0 Å². The fourth-order valence-electron chi connectivity index (χ4n) is 5.42. The third kappa shape index (κ3) is 3.02. The topological polar surface area (TPSA) is 78.5 Å². The van der Waals surface area contributed by atoms with Crippen molar-refractivity contribution in [2.45, 2.75) is 24.4 Å². The zero-order chi connectivity index (χ0) is 21.6. The summed E-state index contributed by atoms with van der Waals surface area (Å²) < 4.78 is 0. The Labute approximate surface area is 185 Å². The molecule has 31 heavy (non-hydrogen) atoms. The molecule has 4 atom stereocenters. The molecule has 2 N–H and O–H groups in total. The number of hydrogen-bond acceptors (Lipinski definition) is 5. The molecule has 3 heterocycles. The van der Waals surface area contributed by atoms with E-state index in [9.17, 15) is 14.4 Å². The average Bonchev–Trinajstić information content (AvgIpc) is 3.36. The van der Waals surface area contributed by atoms with E-state index in [0.29, 0.717) is 18.7 Å². The molecule has 6 nitrogen and oxygen atoms in total. The van der Waals surface area contributed by atoms with E-state index in [1.54, 1.807) is 11.8 Å². The van der Waals surface area contributed by atoms with Crippen LogP contribution in [0.15, 0.2) is 54.6 Å². The first-order valence-corrected chi connectivity index (χ1v) is 12.0. The molecule has 2 aromatic carbocycles. The minimum absolute atomic E-state index is 0.154. The van der Waals surface area contributed by atoms with Crippen molar-refractivity contribution >= 4 is 35.2 Å². The third-order valence-electron chi connectivity index (χ3n) is 6.81. The number of amides is 3. The number of benzene rings is 2. The fraction of sp³-hybridized carbons (Fsp3) is 0.375. The highest BCUT2D eigenvalue weighted by atomic mass is 32.2. The van der Waals surface area contributed by atoms with Crippen molar-refractivity contribution < 1.29 is 14.4 Å². The number of carbonyl (C=O) groups is 3. The monoisotopic (exact) mass is 435 g/mol. The van der Waals surface area contributed by atoms with Crippen molar-refractivity contribution in [2.24, 2.45) is 11.8 Å². The molecule has 7 heteroatoms. The Balaban J connectivity index is 1.51. The molecule has 2 saturated heterocycles. The number of nitrogens with one attached hydrogen (secondary N) is 2. The molecule has 0 saturated carbocycles. The second kappa shape index (κ2) is 7.80. The largest absolute Gasteiger partial charge is 0.324 e. The van der Waals surface area contributed by atoms with E-state index in [-0.39, 0.29) is 23.8 Å². The minimum atomic E-state index is -1.18. The van der Waals surface area contributed by atoms with E-state index in [0.717, 1.165) is 23.3 Å². The van der Waals surface area contributed by atoms with Crippen molar-refractivity contribution in [1.29, 1.82) is 0 Å². The first-order valence-electron chi connectivity index (χ1n) is 10.6. The number of hydrogen-bond donors (Lipinski definition) is 2. The molecule has 160 valence electrons. The van der Waals surface area contributed by atoms with Crippen molar-refractivity contribution in [3.8, 4) is 0 Å². The van der Waals surface area contributed by atoms with Crippen molar-refractivity contribution in [3.63, 3.8) is 0 Å². The molecule has 0 bridgehead atoms. The number of para-hydroxylation sites is 1. The van der Waals surface area contributed by atoms with Gasteiger partial charge < -0.3 is 5.32 Å². The highest BCUT2D eigenvalue weighted by Gasteiger charge is 2.70. The van der Waals surface area contributed by atoms with E-state index in [1.165, 1.54) is 4.90 Å². The van der Waals surface area contributed by atoms with E-state index < -0.39 is 17.4 Å². The van der Waals surface area contributed by atoms with Gasteiger partial charge in [-0.2, -0.15) is 11.8 Å². The number of carbonyl (C=O) groups excluding carboxylic acids is 3. The van der Waals surface area contributed by atoms with Gasteiger partial charge in [-0.05, 0) is 36.5 Å². The van der Waals surface area contributed by atoms with Gasteiger partial charge in [0, 0.05) is 23.8 Å². The standard InChI is InChI=1S/C24H25N3O3S/c1-31-14-12-18-19-20(24(26-18)16-9-5-6-10-17(16)25-23(24)30)22(29)27(21(19)28)13-11-15-7-3-2-4-8-15/h2-10,18-20,26H,11-14H2,1H3,(H,25,30)/t18-,19+,20+,24-/m1/s1. The Kier molecular flexibility index (Phi) is 5.10. The van der Waals surface area contributed by atoms with Crippen LogP contribution in [0.25, 0.3) is 0 Å². The van der Waals surface area contributed by atoms with Crippen LogP contribution in [-0.2, 0) is 26.3 Å². The van der Waals surface area contributed by atoms with Crippen LogP contribution in [0.3, 0.4) is 0 Å². The minimum Gasteiger partial charge on any atom is -0.324 e. The van der Waals surface area contributed by atoms with E-state index in [2.05, 4.69) is 10.6 Å². The molecule has 0 radical (unpaired) electrons. The van der Waals surface area contributed by atoms with E-state index in [1.807, 2.05) is 60.9 Å². The lowest BCUT2D eigenvalue weighted by Crippen LogP contribution is -2.53. The predicted molar refractivity (Wildman–Crippen MR) is 121 cm³/mol. The van der Waals surface area contributed by atoms with Gasteiger partial charge in [-0.15, -0.1) is 0 Å². The van der Waals surface area contributed by atoms with Gasteiger partial charge in [-0.25, -0.2) is 0 Å². The van der Waals surface area contributed by atoms with Crippen molar-refractivity contribution in [3.05, 3.63) is 65.7 Å². The second-order valence-corrected chi connectivity index (χ2v) is 9.39. The first kappa shape index (κ1) is 20.3. The summed E-state index contributed by atoms with van der Waals surface area (Å²) in [6.45, 7) is 0.337. The van der Waals surface area contributed by atoms with Gasteiger partial charge >= 0.3 is 0 Å². The van der Waals surface area contributed by atoms with Gasteiger partial charge in [0.1, 0.15) is 5.54 Å². The van der Waals surface area contributed by atoms with Gasteiger partial charge in [0.2, 0.25) is 17.7 Å². The number of imide groups is 1. The number of fused-ring (bicyclic) bond motifs is 4. The summed E-state index contributed by atoms with van der Waals surface area (Å²) in [6, 6.07) is 17.1. The van der Waals surface area contributed by atoms with Crippen LogP contribution in [-0.4, -0.2) is 47.2 Å². The number of rotatable bonds is 6. The molecule has 5 rings (SSSR count). The van der Waals surface area contributed by atoms with Crippen LogP contribution >= 0.6 is 11.8 Å². The summed E-state index contributed by atoms with van der Waals surface area (Å²) in [6.07, 6.45) is 3.36. The molecule has 2 aromatic rings. The molecule has 0 aliphatic carbocycles. The highest BCUT2D eigenvalue weighted by molar-refractivity contribution is 7.98. The number of likely N-dealkylation sites (tertiary alicyclic amines) is 1. The van der Waals surface area contributed by atoms with Crippen LogP contribution in [0, 0.1) is 11.8 Å². The molecule has 2 fully saturated rings. The Bertz CT molecular complexity index is 1040. The van der Waals surface area contributed by atoms with Crippen LogP contribution in [0.2, 0.25) is 0 Å². The lowest BCUT2D eigenvalue weighted by Gasteiger charge is -2.29. The summed E-state index contributed by atoms with van der Waals surface area (Å²) in [5, 5.41) is 6.41. The van der Waals surface area contributed by atoms with Crippen molar-refractivity contribution in [1.82, 2.24) is 10.2 Å². The lowest BCUT2D eigenvalue weighted by molar-refractivity contribution is -0.142. The van der Waals surface area contributed by atoms with E-state index in [4.69, 9.17) is 0 Å². The number of thioether (sulfide) groups is 1. The third-order valence-corrected chi connectivity index (χ3v) is 7.46. The Hall–Kier alpha value is -2.64. The molecular formula is C24H25N3O3S. The first-order chi connectivity index (χ1) is 15.1. The van der Waals surface area contributed by atoms with Gasteiger partial charge in [0.05, 0.1) is 11.8 Å². The molecule has 0 aromatic heterocycles. The molecule has 3 amide bonds. The van der Waals surface area contributed by atoms with Crippen LogP contribution < -0.4 is 10.6 Å². The lowest BCUT2D eigenvalue weighted by atomic mass is 9.76. The van der Waals surface area contributed by atoms with Gasteiger partial charge in [-0.3, -0.25) is 24.6 Å². The summed E-state index contributed by atoms with van der Waals surface area (Å²) >= 11 is 1.70. The molecule has 3 aliphatic heterocycles. The molecule has 0 unspecified atom stereocenters. The zero-order valence-electron chi connectivity index (χ0n) is 17.3. The van der Waals surface area contributed by atoms with Crippen LogP contribution in [0.1, 0.15) is 17.5 Å². The maximum atomic E-state index is 13.6. The maximum absolute atomic E-state index is 13.6. The number of nitrogens with zero attached hydrogens (tertiary/aromatic N) is 1. The van der Waals surface area contributed by atoms with Gasteiger partial charge in [0.15, 0.2) is 0 Å². The summed E-state index contributed by atoms with van der Waals surface area (Å²) in [5.41, 5.74) is 1.38. The Morgan fingerprint density at radius 1 is 1.00 bits per heavy atom. The Morgan fingerprint density at radius 2 is 1.74 bits per heavy atom. The smallest absolute Gasteiger partial charge is 0.250 e. The van der Waals surface area contributed by atoms with Gasteiger partial charge in [-0.1, -0.05) is 48.5 Å². The quantitative estimate of drug-likeness (QED) is 0.682. The molecule has 3 aliphatic rings. The fourth-order valence-corrected chi connectivity index (χ4v) is 5.91. The predicted octanol–water partition coefficient (Wildman–Crippen LogP) is 2.40. The molecule has 1 spiro atoms. The van der Waals surface area contributed by atoms with Gasteiger partial charge in [0.25, 0.3) is 0 Å². The maximum Gasteiger partial charge on any atom is 0.250 e. The summed E-state index contributed by atoms with van der Waals surface area (Å²) in [5.74, 6) is -1.01. The summed E-state index contributed by atoms with van der Waals surface area (Å²) in [7, 11) is 0. The molecular weight excluding hydrogens is 410 g/mol. The normalized spacial score (nSPS) is 28.9. The Morgan fingerprint density at radius 3 is 2.52 bits per heavy atom. The average molecular weight is 436 g/mol. The second-order valence-electron chi connectivity index (χ2n) is 8.41. The summed E-state index contributed by atoms with van der Waals surface area (Å²) in [4.78, 5) is 41.8. The zero-order valence-corrected chi connectivity index (χ0v) is 18.2.